The summed E-state index contributed by atoms with van der Waals surface area (Å²) >= 11 is 0. The highest BCUT2D eigenvalue weighted by Crippen LogP contribution is 2.30. The van der Waals surface area contributed by atoms with Crippen molar-refractivity contribution in [1.29, 1.82) is 0 Å². The van der Waals surface area contributed by atoms with Crippen molar-refractivity contribution >= 4 is 11.9 Å². The molecule has 2 heterocycles. The van der Waals surface area contributed by atoms with Crippen LogP contribution in [-0.2, 0) is 9.59 Å². The molecule has 8 nitrogen and oxygen atoms in total. The Hall–Kier alpha value is -2.16. The number of carboxylic acid groups (broad SMARTS) is 1. The van der Waals surface area contributed by atoms with Crippen LogP contribution in [0, 0.1) is 11.8 Å². The Morgan fingerprint density at radius 3 is 2.72 bits per heavy atom. The fourth-order valence-corrected chi connectivity index (χ4v) is 3.54. The summed E-state index contributed by atoms with van der Waals surface area (Å²) in [5.41, 5.74) is 8.95. The average Bonchev–Trinajstić information content (AvgIpc) is 3.24. The van der Waals surface area contributed by atoms with Gasteiger partial charge in [-0.25, -0.2) is 10.9 Å². The molecule has 8 heteroatoms. The van der Waals surface area contributed by atoms with Crippen LogP contribution in [0.4, 0.5) is 0 Å². The van der Waals surface area contributed by atoms with E-state index in [1.165, 1.54) is 0 Å². The Labute approximate surface area is 146 Å². The molecule has 25 heavy (non-hydrogen) atoms. The largest absolute Gasteiger partial charge is 0.493 e. The molecule has 1 unspecified atom stereocenters. The number of nitrogens with zero attached hydrogens (tertiary/aromatic N) is 1. The van der Waals surface area contributed by atoms with Gasteiger partial charge in [0.15, 0.2) is 0 Å². The number of likely N-dealkylation sites (tertiary alicyclic amines) is 1. The smallest absolute Gasteiger partial charge is 0.303 e. The van der Waals surface area contributed by atoms with E-state index in [0.29, 0.717) is 26.2 Å². The van der Waals surface area contributed by atoms with Crippen molar-refractivity contribution in [2.75, 3.05) is 26.2 Å². The summed E-state index contributed by atoms with van der Waals surface area (Å²) in [6, 6.07) is 9.50. The van der Waals surface area contributed by atoms with E-state index in [-0.39, 0.29) is 36.6 Å². The third-order valence-electron chi connectivity index (χ3n) is 4.79. The van der Waals surface area contributed by atoms with E-state index in [4.69, 9.17) is 9.84 Å². The first-order chi connectivity index (χ1) is 12.1. The van der Waals surface area contributed by atoms with Gasteiger partial charge in [-0.1, -0.05) is 18.2 Å². The Morgan fingerprint density at radius 1 is 1.24 bits per heavy atom. The minimum atomic E-state index is -0.823. The second kappa shape index (κ2) is 8.28. The zero-order chi connectivity index (χ0) is 17.6. The first kappa shape index (κ1) is 17.7. The summed E-state index contributed by atoms with van der Waals surface area (Å²) in [6.45, 7) is 2.08. The second-order valence-electron chi connectivity index (χ2n) is 6.49. The lowest BCUT2D eigenvalue weighted by atomic mass is 9.87. The number of ether oxygens (including phenoxy) is 1. The minimum Gasteiger partial charge on any atom is -0.493 e. The molecular weight excluding hydrogens is 324 g/mol. The van der Waals surface area contributed by atoms with Crippen LogP contribution in [0.3, 0.4) is 0 Å². The molecule has 136 valence electrons. The number of benzene rings is 1. The quantitative estimate of drug-likeness (QED) is 0.549. The van der Waals surface area contributed by atoms with Gasteiger partial charge in [0, 0.05) is 25.7 Å². The summed E-state index contributed by atoms with van der Waals surface area (Å²) in [5.74, 6) is -0.0118. The number of carbonyl (C=O) groups is 2. The van der Waals surface area contributed by atoms with Gasteiger partial charge < -0.3 is 14.7 Å². The lowest BCUT2D eigenvalue weighted by Gasteiger charge is -2.22. The van der Waals surface area contributed by atoms with Crippen molar-refractivity contribution in [3.63, 3.8) is 0 Å². The maximum Gasteiger partial charge on any atom is 0.303 e. The molecule has 2 saturated heterocycles. The fraction of sp³-hybridized carbons (Fsp3) is 0.529. The predicted octanol–water partition coefficient (Wildman–Crippen LogP) is -0.0142. The van der Waals surface area contributed by atoms with E-state index in [2.05, 4.69) is 16.4 Å². The Kier molecular flexibility index (Phi) is 5.85. The molecule has 1 aromatic rings. The molecule has 1 amide bonds. The highest BCUT2D eigenvalue weighted by molar-refractivity contribution is 5.77. The van der Waals surface area contributed by atoms with Crippen LogP contribution in [0.15, 0.2) is 30.3 Å². The summed E-state index contributed by atoms with van der Waals surface area (Å²) in [6.07, 6.45) is 0.364. The van der Waals surface area contributed by atoms with Gasteiger partial charge in [0.25, 0.3) is 0 Å². The van der Waals surface area contributed by atoms with Crippen LogP contribution in [0.25, 0.3) is 0 Å². The number of nitrogens with one attached hydrogen (secondary N) is 3. The molecule has 0 saturated carbocycles. The lowest BCUT2D eigenvalue weighted by molar-refractivity contribution is -0.138. The molecule has 0 aromatic heterocycles. The molecule has 2 aliphatic rings. The molecule has 0 radical (unpaired) electrons. The van der Waals surface area contributed by atoms with E-state index in [0.717, 1.165) is 5.75 Å². The topological polar surface area (TPSA) is 103 Å². The van der Waals surface area contributed by atoms with E-state index in [1.54, 1.807) is 4.90 Å². The minimum absolute atomic E-state index is 0.00716. The molecule has 2 aliphatic heterocycles. The van der Waals surface area contributed by atoms with Crippen molar-refractivity contribution in [2.24, 2.45) is 11.8 Å². The van der Waals surface area contributed by atoms with E-state index in [9.17, 15) is 9.59 Å². The maximum atomic E-state index is 12.5. The monoisotopic (exact) mass is 348 g/mol. The summed E-state index contributed by atoms with van der Waals surface area (Å²) < 4.78 is 5.58. The SMILES string of the molecule is O=C(O)C[C@@H]1CN(C(=O)CCOc2ccccc2)C[C@@H]1C1CNNN1. The van der Waals surface area contributed by atoms with Crippen LogP contribution >= 0.6 is 0 Å². The van der Waals surface area contributed by atoms with Crippen molar-refractivity contribution in [1.82, 2.24) is 21.3 Å². The highest BCUT2D eigenvalue weighted by atomic mass is 16.5. The van der Waals surface area contributed by atoms with Gasteiger partial charge in [-0.05, 0) is 24.0 Å². The number of carboxylic acids is 1. The number of para-hydroxylation sites is 1. The molecule has 0 spiro atoms. The van der Waals surface area contributed by atoms with Gasteiger partial charge in [-0.15, -0.1) is 0 Å². The molecular formula is C17H24N4O4. The Morgan fingerprint density at radius 2 is 2.04 bits per heavy atom. The average molecular weight is 348 g/mol. The molecule has 2 fully saturated rings. The number of hydrogen-bond acceptors (Lipinski definition) is 6. The predicted molar refractivity (Wildman–Crippen MR) is 90.4 cm³/mol. The van der Waals surface area contributed by atoms with Crippen LogP contribution < -0.4 is 21.1 Å². The summed E-state index contributed by atoms with van der Waals surface area (Å²) in [7, 11) is 0. The molecule has 3 atom stereocenters. The fourth-order valence-electron chi connectivity index (χ4n) is 3.54. The van der Waals surface area contributed by atoms with Crippen LogP contribution in [-0.4, -0.2) is 54.2 Å². The number of amides is 1. The first-order valence-electron chi connectivity index (χ1n) is 8.54. The molecule has 4 N–H and O–H groups in total. The van der Waals surface area contributed by atoms with E-state index >= 15 is 0 Å². The normalized spacial score (nSPS) is 25.9. The van der Waals surface area contributed by atoms with Gasteiger partial charge in [-0.2, -0.15) is 5.53 Å². The molecule has 1 aromatic carbocycles. The molecule has 0 aliphatic carbocycles. The summed E-state index contributed by atoms with van der Waals surface area (Å²) in [5, 5.41) is 9.15. The van der Waals surface area contributed by atoms with Gasteiger partial charge in [0.1, 0.15) is 5.75 Å². The van der Waals surface area contributed by atoms with E-state index < -0.39 is 5.97 Å². The van der Waals surface area contributed by atoms with Crippen LogP contribution in [0.5, 0.6) is 5.75 Å². The van der Waals surface area contributed by atoms with Crippen LogP contribution in [0.2, 0.25) is 0 Å². The van der Waals surface area contributed by atoms with Crippen molar-refractivity contribution < 1.29 is 19.4 Å². The zero-order valence-corrected chi connectivity index (χ0v) is 14.0. The number of carbonyl (C=O) groups excluding carboxylic acids is 1. The van der Waals surface area contributed by atoms with Crippen molar-refractivity contribution in [2.45, 2.75) is 18.9 Å². The summed E-state index contributed by atoms with van der Waals surface area (Å²) in [4.78, 5) is 25.4. The highest BCUT2D eigenvalue weighted by Gasteiger charge is 2.41. The van der Waals surface area contributed by atoms with Gasteiger partial charge >= 0.3 is 5.97 Å². The number of hydrogen-bond donors (Lipinski definition) is 4. The Balaban J connectivity index is 1.52. The van der Waals surface area contributed by atoms with Crippen molar-refractivity contribution in [3.8, 4) is 5.75 Å². The molecule has 0 bridgehead atoms. The second-order valence-corrected chi connectivity index (χ2v) is 6.49. The Bertz CT molecular complexity index is 592. The van der Waals surface area contributed by atoms with Gasteiger partial charge in [0.05, 0.1) is 19.4 Å². The van der Waals surface area contributed by atoms with Crippen molar-refractivity contribution in [3.05, 3.63) is 30.3 Å². The third kappa shape index (κ3) is 4.68. The number of aliphatic carboxylic acids is 1. The van der Waals surface area contributed by atoms with Gasteiger partial charge in [0.2, 0.25) is 5.91 Å². The zero-order valence-electron chi connectivity index (χ0n) is 14.0. The first-order valence-corrected chi connectivity index (χ1v) is 8.54. The third-order valence-corrected chi connectivity index (χ3v) is 4.79. The maximum absolute atomic E-state index is 12.5. The molecule has 3 rings (SSSR count). The van der Waals surface area contributed by atoms with E-state index in [1.807, 2.05) is 30.3 Å². The van der Waals surface area contributed by atoms with Gasteiger partial charge in [-0.3, -0.25) is 9.59 Å². The lowest BCUT2D eigenvalue weighted by Crippen LogP contribution is -2.41. The number of hydrazine groups is 2. The standard InChI is InChI=1S/C17H24N4O4/c22-16(6-7-25-13-4-2-1-3-5-13)21-10-12(8-17(23)24)14(11-21)15-9-18-20-19-15/h1-5,12,14-15,18-20H,6-11H2,(H,23,24)/t12-,14+,15?/m1/s1. The van der Waals surface area contributed by atoms with Crippen LogP contribution in [0.1, 0.15) is 12.8 Å². The number of rotatable bonds is 7.